The van der Waals surface area contributed by atoms with Crippen LogP contribution in [-0.4, -0.2) is 43.3 Å². The van der Waals surface area contributed by atoms with Gasteiger partial charge in [0.1, 0.15) is 12.4 Å². The maximum atomic E-state index is 10.5. The Kier molecular flexibility index (Phi) is 7.32. The van der Waals surface area contributed by atoms with Crippen LogP contribution in [-0.2, 0) is 0 Å². The summed E-state index contributed by atoms with van der Waals surface area (Å²) in [5.41, 5.74) is 3.00. The summed E-state index contributed by atoms with van der Waals surface area (Å²) in [6.45, 7) is 2.11. The van der Waals surface area contributed by atoms with Gasteiger partial charge in [0.05, 0.1) is 11.1 Å². The van der Waals surface area contributed by atoms with Crippen LogP contribution >= 0.6 is 35.0 Å². The molecule has 32 heavy (non-hydrogen) atoms. The van der Waals surface area contributed by atoms with E-state index in [0.29, 0.717) is 32.5 Å². The van der Waals surface area contributed by atoms with Crippen LogP contribution in [0.5, 0.6) is 5.75 Å². The SMILES string of the molecule is Cc1ccc(-n2c(SCC(O)COc3cc(Cl)ccc3Cl)nnc2-c2ccncc2)cc1. The molecule has 0 radical (unpaired) electrons. The summed E-state index contributed by atoms with van der Waals surface area (Å²) in [6.07, 6.45) is 2.69. The summed E-state index contributed by atoms with van der Waals surface area (Å²) in [7, 11) is 0. The van der Waals surface area contributed by atoms with Crippen molar-refractivity contribution in [2.45, 2.75) is 18.2 Å². The van der Waals surface area contributed by atoms with Gasteiger partial charge in [0.25, 0.3) is 0 Å². The lowest BCUT2D eigenvalue weighted by molar-refractivity contribution is 0.126. The van der Waals surface area contributed by atoms with E-state index in [-0.39, 0.29) is 6.61 Å². The van der Waals surface area contributed by atoms with Gasteiger partial charge in [-0.1, -0.05) is 52.7 Å². The fraction of sp³-hybridized carbons (Fsp3) is 0.174. The van der Waals surface area contributed by atoms with Crippen LogP contribution in [0.1, 0.15) is 5.56 Å². The molecule has 1 atom stereocenters. The highest BCUT2D eigenvalue weighted by molar-refractivity contribution is 7.99. The molecule has 9 heteroatoms. The Bertz CT molecular complexity index is 1190. The molecule has 2 heterocycles. The lowest BCUT2D eigenvalue weighted by atomic mass is 10.2. The summed E-state index contributed by atoms with van der Waals surface area (Å²) < 4.78 is 7.61. The van der Waals surface area contributed by atoms with Crippen LogP contribution in [0.2, 0.25) is 10.0 Å². The van der Waals surface area contributed by atoms with Gasteiger partial charge in [-0.3, -0.25) is 9.55 Å². The molecule has 0 spiro atoms. The Morgan fingerprint density at radius 1 is 1.03 bits per heavy atom. The van der Waals surface area contributed by atoms with Gasteiger partial charge in [0.2, 0.25) is 0 Å². The molecule has 0 aliphatic carbocycles. The van der Waals surface area contributed by atoms with Gasteiger partial charge in [0.15, 0.2) is 11.0 Å². The number of hydrogen-bond acceptors (Lipinski definition) is 6. The summed E-state index contributed by atoms with van der Waals surface area (Å²) in [5, 5.41) is 20.9. The van der Waals surface area contributed by atoms with Crippen LogP contribution in [0, 0.1) is 6.92 Å². The topological polar surface area (TPSA) is 73.1 Å². The van der Waals surface area contributed by atoms with E-state index in [0.717, 1.165) is 16.8 Å². The van der Waals surface area contributed by atoms with Crippen molar-refractivity contribution in [3.63, 3.8) is 0 Å². The van der Waals surface area contributed by atoms with Crippen molar-refractivity contribution >= 4 is 35.0 Å². The minimum Gasteiger partial charge on any atom is -0.489 e. The van der Waals surface area contributed by atoms with Gasteiger partial charge in [-0.25, -0.2) is 0 Å². The highest BCUT2D eigenvalue weighted by atomic mass is 35.5. The number of nitrogens with zero attached hydrogens (tertiary/aromatic N) is 4. The summed E-state index contributed by atoms with van der Waals surface area (Å²) >= 11 is 13.5. The average molecular weight is 487 g/mol. The lowest BCUT2D eigenvalue weighted by Crippen LogP contribution is -2.20. The van der Waals surface area contributed by atoms with Crippen molar-refractivity contribution in [3.05, 3.63) is 82.6 Å². The van der Waals surface area contributed by atoms with Crippen LogP contribution in [0.15, 0.2) is 72.1 Å². The first-order valence-electron chi connectivity index (χ1n) is 9.83. The number of hydrogen-bond donors (Lipinski definition) is 1. The smallest absolute Gasteiger partial charge is 0.196 e. The molecule has 1 N–H and O–H groups in total. The zero-order valence-electron chi connectivity index (χ0n) is 17.2. The van der Waals surface area contributed by atoms with E-state index in [1.54, 1.807) is 30.6 Å². The summed E-state index contributed by atoms with van der Waals surface area (Å²) in [6, 6.07) is 16.9. The molecule has 0 saturated carbocycles. The van der Waals surface area contributed by atoms with Crippen molar-refractivity contribution in [1.82, 2.24) is 19.7 Å². The van der Waals surface area contributed by atoms with Gasteiger partial charge in [0, 0.05) is 40.5 Å². The Morgan fingerprint density at radius 2 is 1.78 bits per heavy atom. The average Bonchev–Trinajstić information content (AvgIpc) is 3.23. The molecule has 0 saturated heterocycles. The van der Waals surface area contributed by atoms with Gasteiger partial charge < -0.3 is 9.84 Å². The predicted octanol–water partition coefficient (Wildman–Crippen LogP) is 5.48. The second kappa shape index (κ2) is 10.4. The van der Waals surface area contributed by atoms with Crippen molar-refractivity contribution in [2.75, 3.05) is 12.4 Å². The number of thioether (sulfide) groups is 1. The van der Waals surface area contributed by atoms with E-state index in [1.165, 1.54) is 11.8 Å². The second-order valence-electron chi connectivity index (χ2n) is 7.06. The van der Waals surface area contributed by atoms with Crippen LogP contribution in [0.4, 0.5) is 0 Å². The Morgan fingerprint density at radius 3 is 2.53 bits per heavy atom. The van der Waals surface area contributed by atoms with Crippen molar-refractivity contribution < 1.29 is 9.84 Å². The molecule has 0 fully saturated rings. The maximum Gasteiger partial charge on any atom is 0.196 e. The molecule has 2 aromatic heterocycles. The predicted molar refractivity (Wildman–Crippen MR) is 128 cm³/mol. The van der Waals surface area contributed by atoms with Crippen LogP contribution in [0.25, 0.3) is 17.1 Å². The molecule has 4 aromatic rings. The molecule has 0 aliphatic heterocycles. The fourth-order valence-corrected chi connectivity index (χ4v) is 4.16. The first kappa shape index (κ1) is 22.6. The molecule has 0 amide bonds. The third-order valence-corrected chi connectivity index (χ3v) is 6.21. The standard InChI is InChI=1S/C23H20Cl2N4O2S/c1-15-2-5-18(6-3-15)29-22(16-8-10-26-11-9-16)27-28-23(29)32-14-19(30)13-31-21-12-17(24)4-7-20(21)25/h2-12,19,30H,13-14H2,1H3. The number of ether oxygens (including phenoxy) is 1. The number of aryl methyl sites for hydroxylation is 1. The van der Waals surface area contributed by atoms with Crippen molar-refractivity contribution in [2.24, 2.45) is 0 Å². The quantitative estimate of drug-likeness (QED) is 0.332. The number of pyridine rings is 1. The number of benzene rings is 2. The van der Waals surface area contributed by atoms with Crippen LogP contribution in [0.3, 0.4) is 0 Å². The molecule has 164 valence electrons. The molecule has 2 aromatic carbocycles. The monoisotopic (exact) mass is 486 g/mol. The molecule has 1 unspecified atom stereocenters. The van der Waals surface area contributed by atoms with E-state index >= 15 is 0 Å². The molecule has 0 bridgehead atoms. The third-order valence-electron chi connectivity index (χ3n) is 4.59. The van der Waals surface area contributed by atoms with Crippen molar-refractivity contribution in [3.8, 4) is 22.8 Å². The first-order valence-corrected chi connectivity index (χ1v) is 11.6. The van der Waals surface area contributed by atoms with Crippen molar-refractivity contribution in [1.29, 1.82) is 0 Å². The number of rotatable bonds is 8. The normalized spacial score (nSPS) is 12.0. The minimum atomic E-state index is -0.748. The zero-order valence-corrected chi connectivity index (χ0v) is 19.5. The maximum absolute atomic E-state index is 10.5. The Balaban J connectivity index is 1.51. The first-order chi connectivity index (χ1) is 15.5. The molecule has 6 nitrogen and oxygen atoms in total. The molecular weight excluding hydrogens is 467 g/mol. The fourth-order valence-electron chi connectivity index (χ4n) is 2.97. The van der Waals surface area contributed by atoms with Gasteiger partial charge in [-0.15, -0.1) is 10.2 Å². The molecule has 0 aliphatic rings. The lowest BCUT2D eigenvalue weighted by Gasteiger charge is -2.14. The second-order valence-corrected chi connectivity index (χ2v) is 8.89. The molecular formula is C23H20Cl2N4O2S. The van der Waals surface area contributed by atoms with E-state index in [9.17, 15) is 5.11 Å². The highest BCUT2D eigenvalue weighted by Gasteiger charge is 2.18. The molecule has 4 rings (SSSR count). The Labute approximate surface area is 200 Å². The summed E-state index contributed by atoms with van der Waals surface area (Å²) in [5.74, 6) is 1.50. The Hall–Kier alpha value is -2.58. The van der Waals surface area contributed by atoms with Crippen LogP contribution < -0.4 is 4.74 Å². The van der Waals surface area contributed by atoms with E-state index < -0.39 is 6.10 Å². The third kappa shape index (κ3) is 5.42. The zero-order chi connectivity index (χ0) is 22.5. The number of aliphatic hydroxyl groups excluding tert-OH is 1. The van der Waals surface area contributed by atoms with Gasteiger partial charge in [-0.05, 0) is 43.3 Å². The summed E-state index contributed by atoms with van der Waals surface area (Å²) in [4.78, 5) is 4.08. The number of halogens is 2. The van der Waals surface area contributed by atoms with Gasteiger partial charge in [-0.2, -0.15) is 0 Å². The van der Waals surface area contributed by atoms with E-state index in [1.807, 2.05) is 47.9 Å². The highest BCUT2D eigenvalue weighted by Crippen LogP contribution is 2.30. The van der Waals surface area contributed by atoms with E-state index in [2.05, 4.69) is 15.2 Å². The largest absolute Gasteiger partial charge is 0.489 e. The van der Waals surface area contributed by atoms with E-state index in [4.69, 9.17) is 27.9 Å². The van der Waals surface area contributed by atoms with Gasteiger partial charge >= 0.3 is 0 Å². The number of aromatic nitrogens is 4. The minimum absolute atomic E-state index is 0.0724. The number of aliphatic hydroxyl groups is 1.